The first-order valence-corrected chi connectivity index (χ1v) is 12.5. The van der Waals surface area contributed by atoms with Gasteiger partial charge in [0.2, 0.25) is 11.8 Å². The van der Waals surface area contributed by atoms with Crippen LogP contribution in [0.25, 0.3) is 0 Å². The number of unbranched alkanes of at least 4 members (excludes halogenated alkanes) is 1. The lowest BCUT2D eigenvalue weighted by molar-refractivity contribution is -0.158. The van der Waals surface area contributed by atoms with Crippen molar-refractivity contribution in [2.45, 2.75) is 70.9 Å². The Bertz CT molecular complexity index is 972. The first-order valence-electron chi connectivity index (χ1n) is 12.5. The Labute approximate surface area is 211 Å². The third-order valence-electron chi connectivity index (χ3n) is 6.08. The Morgan fingerprint density at radius 2 is 1.97 bits per heavy atom. The molecule has 1 atom stereocenters. The van der Waals surface area contributed by atoms with Crippen LogP contribution in [0.4, 0.5) is 10.6 Å². The molecule has 3 amide bonds. The Morgan fingerprint density at radius 3 is 2.61 bits per heavy atom. The number of rotatable bonds is 10. The van der Waals surface area contributed by atoms with E-state index in [1.54, 1.807) is 20.8 Å². The van der Waals surface area contributed by atoms with Crippen molar-refractivity contribution in [3.8, 4) is 0 Å². The first kappa shape index (κ1) is 27.4. The molecule has 1 fully saturated rings. The summed E-state index contributed by atoms with van der Waals surface area (Å²) in [7, 11) is 0. The number of anilines is 1. The van der Waals surface area contributed by atoms with Crippen LogP contribution in [-0.2, 0) is 32.0 Å². The molecule has 0 aromatic carbocycles. The van der Waals surface area contributed by atoms with Gasteiger partial charge in [-0.25, -0.2) is 14.6 Å². The van der Waals surface area contributed by atoms with Gasteiger partial charge in [-0.1, -0.05) is 6.07 Å². The number of esters is 1. The lowest BCUT2D eigenvalue weighted by Crippen LogP contribution is -2.57. The van der Waals surface area contributed by atoms with Gasteiger partial charge in [-0.05, 0) is 64.5 Å². The van der Waals surface area contributed by atoms with Crippen molar-refractivity contribution in [2.24, 2.45) is 5.92 Å². The monoisotopic (exact) mass is 503 g/mol. The molecular formula is C25H37N5O6. The van der Waals surface area contributed by atoms with Crippen LogP contribution in [-0.4, -0.2) is 71.8 Å². The average molecular weight is 504 g/mol. The molecule has 0 aliphatic carbocycles. The highest BCUT2D eigenvalue weighted by Gasteiger charge is 2.31. The lowest BCUT2D eigenvalue weighted by Gasteiger charge is -2.29. The molecule has 2 aliphatic heterocycles. The Kier molecular flexibility index (Phi) is 9.25. The van der Waals surface area contributed by atoms with Gasteiger partial charge in [-0.3, -0.25) is 14.5 Å². The molecule has 36 heavy (non-hydrogen) atoms. The lowest BCUT2D eigenvalue weighted by atomic mass is 10.0. The summed E-state index contributed by atoms with van der Waals surface area (Å²) in [6, 6.07) is 2.89. The number of hydrogen-bond acceptors (Lipinski definition) is 7. The zero-order valence-corrected chi connectivity index (χ0v) is 21.3. The molecule has 0 saturated carbocycles. The molecule has 1 aromatic rings. The van der Waals surface area contributed by atoms with Crippen molar-refractivity contribution < 1.29 is 29.0 Å². The summed E-state index contributed by atoms with van der Waals surface area (Å²) in [4.78, 5) is 54.6. The molecule has 11 heteroatoms. The highest BCUT2D eigenvalue weighted by Crippen LogP contribution is 2.25. The van der Waals surface area contributed by atoms with Gasteiger partial charge in [0.25, 0.3) is 0 Å². The molecule has 2 aliphatic rings. The van der Waals surface area contributed by atoms with Crippen molar-refractivity contribution in [1.82, 2.24) is 20.9 Å². The van der Waals surface area contributed by atoms with E-state index in [-0.39, 0.29) is 30.7 Å². The molecule has 1 aromatic heterocycles. The normalized spacial score (nSPS) is 16.4. The molecule has 4 N–H and O–H groups in total. The second-order valence-electron chi connectivity index (χ2n) is 10.3. The van der Waals surface area contributed by atoms with E-state index in [9.17, 15) is 24.3 Å². The third-order valence-corrected chi connectivity index (χ3v) is 6.08. The molecule has 3 heterocycles. The van der Waals surface area contributed by atoms with Crippen LogP contribution in [0.1, 0.15) is 57.7 Å². The van der Waals surface area contributed by atoms with Crippen molar-refractivity contribution in [3.63, 3.8) is 0 Å². The van der Waals surface area contributed by atoms with E-state index in [4.69, 9.17) is 4.74 Å². The van der Waals surface area contributed by atoms with Gasteiger partial charge in [-0.15, -0.1) is 0 Å². The third kappa shape index (κ3) is 7.91. The minimum Gasteiger partial charge on any atom is -0.465 e. The molecular weight excluding hydrogens is 466 g/mol. The predicted octanol–water partition coefficient (Wildman–Crippen LogP) is 1.39. The highest BCUT2D eigenvalue weighted by atomic mass is 16.6. The standard InChI is InChI=1S/C25H37N5O6/c1-25(2,3)36-23(33)19(29-22(32)17-13-26-14-17)15-27-20(31)9-5-4-8-18-11-10-16-7-6-12-30(24(34)35)21(16)28-18/h10-11,17,19,26H,4-9,12-15H2,1-3H3,(H,27,31)(H,29,32)(H,34,35)/t19-/m0/s1. The summed E-state index contributed by atoms with van der Waals surface area (Å²) >= 11 is 0. The fourth-order valence-electron chi connectivity index (χ4n) is 4.03. The summed E-state index contributed by atoms with van der Waals surface area (Å²) in [6.45, 7) is 6.76. The maximum absolute atomic E-state index is 12.6. The van der Waals surface area contributed by atoms with Crippen LogP contribution in [0.15, 0.2) is 12.1 Å². The second-order valence-corrected chi connectivity index (χ2v) is 10.3. The summed E-state index contributed by atoms with van der Waals surface area (Å²) in [6.07, 6.45) is 2.79. The van der Waals surface area contributed by atoms with Gasteiger partial charge < -0.3 is 25.8 Å². The topological polar surface area (TPSA) is 150 Å². The maximum Gasteiger partial charge on any atom is 0.413 e. The number of nitrogens with zero attached hydrogens (tertiary/aromatic N) is 2. The largest absolute Gasteiger partial charge is 0.465 e. The number of aryl methyl sites for hydroxylation is 2. The van der Waals surface area contributed by atoms with Crippen LogP contribution >= 0.6 is 0 Å². The first-order chi connectivity index (χ1) is 17.0. The van der Waals surface area contributed by atoms with Crippen molar-refractivity contribution in [1.29, 1.82) is 0 Å². The van der Waals surface area contributed by atoms with Gasteiger partial charge >= 0.3 is 12.1 Å². The molecule has 0 radical (unpaired) electrons. The number of ether oxygens (including phenoxy) is 1. The summed E-state index contributed by atoms with van der Waals surface area (Å²) in [5.74, 6) is -0.726. The molecule has 3 rings (SSSR count). The van der Waals surface area contributed by atoms with Gasteiger partial charge in [-0.2, -0.15) is 0 Å². The SMILES string of the molecule is CC(C)(C)OC(=O)[C@H](CNC(=O)CCCCc1ccc2c(n1)N(C(=O)O)CCC2)NC(=O)C1CNC1. The number of hydrogen-bond donors (Lipinski definition) is 4. The number of carbonyl (C=O) groups excluding carboxylic acids is 3. The summed E-state index contributed by atoms with van der Waals surface area (Å²) in [5.41, 5.74) is 1.02. The van der Waals surface area contributed by atoms with Crippen LogP contribution < -0.4 is 20.9 Å². The van der Waals surface area contributed by atoms with Gasteiger partial charge in [0, 0.05) is 38.3 Å². The van der Waals surface area contributed by atoms with Crippen molar-refractivity contribution in [3.05, 3.63) is 23.4 Å². The second kappa shape index (κ2) is 12.2. The van der Waals surface area contributed by atoms with Crippen molar-refractivity contribution >= 4 is 29.7 Å². The molecule has 1 saturated heterocycles. The van der Waals surface area contributed by atoms with Crippen molar-refractivity contribution in [2.75, 3.05) is 31.1 Å². The molecule has 0 unspecified atom stereocenters. The van der Waals surface area contributed by atoms with E-state index >= 15 is 0 Å². The van der Waals surface area contributed by atoms with Gasteiger partial charge in [0.1, 0.15) is 17.5 Å². The van der Waals surface area contributed by atoms with E-state index in [0.29, 0.717) is 44.7 Å². The molecule has 11 nitrogen and oxygen atoms in total. The summed E-state index contributed by atoms with van der Waals surface area (Å²) in [5, 5.41) is 17.9. The minimum atomic E-state index is -0.998. The van der Waals surface area contributed by atoms with Crippen LogP contribution in [0.5, 0.6) is 0 Å². The molecule has 198 valence electrons. The molecule has 0 bridgehead atoms. The van der Waals surface area contributed by atoms with E-state index in [1.165, 1.54) is 4.90 Å². The number of fused-ring (bicyclic) bond motifs is 1. The quantitative estimate of drug-likeness (QED) is 0.276. The minimum absolute atomic E-state index is 0.0446. The smallest absolute Gasteiger partial charge is 0.413 e. The van der Waals surface area contributed by atoms with E-state index < -0.39 is 23.7 Å². The zero-order valence-electron chi connectivity index (χ0n) is 21.3. The predicted molar refractivity (Wildman–Crippen MR) is 133 cm³/mol. The average Bonchev–Trinajstić information content (AvgIpc) is 2.76. The number of amides is 3. The Morgan fingerprint density at radius 1 is 1.22 bits per heavy atom. The van der Waals surface area contributed by atoms with E-state index in [1.807, 2.05) is 12.1 Å². The highest BCUT2D eigenvalue weighted by molar-refractivity contribution is 5.87. The van der Waals surface area contributed by atoms with Crippen LogP contribution in [0.3, 0.4) is 0 Å². The Hall–Kier alpha value is -3.21. The van der Waals surface area contributed by atoms with Gasteiger partial charge in [0.15, 0.2) is 0 Å². The molecule has 0 spiro atoms. The zero-order chi connectivity index (χ0) is 26.3. The maximum atomic E-state index is 12.6. The number of pyridine rings is 1. The fraction of sp³-hybridized carbons (Fsp3) is 0.640. The number of carbonyl (C=O) groups is 4. The van der Waals surface area contributed by atoms with E-state index in [2.05, 4.69) is 20.9 Å². The number of aromatic nitrogens is 1. The fourth-order valence-corrected chi connectivity index (χ4v) is 4.03. The van der Waals surface area contributed by atoms with E-state index in [0.717, 1.165) is 24.1 Å². The Balaban J connectivity index is 1.45. The summed E-state index contributed by atoms with van der Waals surface area (Å²) < 4.78 is 5.41. The number of carboxylic acid groups (broad SMARTS) is 1. The van der Waals surface area contributed by atoms with Gasteiger partial charge in [0.05, 0.1) is 5.92 Å². The van der Waals surface area contributed by atoms with Crippen LogP contribution in [0, 0.1) is 5.92 Å². The number of nitrogens with one attached hydrogen (secondary N) is 3. The van der Waals surface area contributed by atoms with Crippen LogP contribution in [0.2, 0.25) is 0 Å².